The molecule has 0 saturated heterocycles. The van der Waals surface area contributed by atoms with E-state index in [1.165, 1.54) is 0 Å². The molecule has 6 heteroatoms. The number of rotatable bonds is 3. The van der Waals surface area contributed by atoms with Crippen molar-refractivity contribution >= 4 is 44.1 Å². The van der Waals surface area contributed by atoms with Crippen LogP contribution >= 0.6 is 11.3 Å². The average Bonchev–Trinajstić information content (AvgIpc) is 3.33. The standard InChI is InChI=1S/C21H14N4OS/c26-21(16-12-27-19-4-2-1-3-15(16)19)23-14-7-5-13(6-8-14)20-24-17-9-10-22-11-18(17)25-20/h1-12H,(H,23,26)(H,24,25). The Kier molecular flexibility index (Phi) is 3.69. The van der Waals surface area contributed by atoms with E-state index in [0.717, 1.165) is 38.2 Å². The van der Waals surface area contributed by atoms with Crippen molar-refractivity contribution in [2.75, 3.05) is 5.32 Å². The van der Waals surface area contributed by atoms with Gasteiger partial charge in [-0.2, -0.15) is 0 Å². The number of imidazole rings is 1. The molecule has 0 aliphatic carbocycles. The highest BCUT2D eigenvalue weighted by Gasteiger charge is 2.12. The van der Waals surface area contributed by atoms with Crippen molar-refractivity contribution in [1.29, 1.82) is 0 Å². The molecular formula is C21H14N4OS. The number of amides is 1. The number of thiophene rings is 1. The van der Waals surface area contributed by atoms with Gasteiger partial charge >= 0.3 is 0 Å². The third-order valence-corrected chi connectivity index (χ3v) is 5.39. The van der Waals surface area contributed by atoms with Crippen LogP contribution in [0.5, 0.6) is 0 Å². The lowest BCUT2D eigenvalue weighted by Gasteiger charge is -2.05. The van der Waals surface area contributed by atoms with E-state index in [2.05, 4.69) is 20.3 Å². The fourth-order valence-corrected chi connectivity index (χ4v) is 4.00. The number of hydrogen-bond acceptors (Lipinski definition) is 4. The van der Waals surface area contributed by atoms with Crippen LogP contribution in [0.15, 0.2) is 72.4 Å². The Morgan fingerprint density at radius 1 is 1.04 bits per heavy atom. The van der Waals surface area contributed by atoms with Gasteiger partial charge < -0.3 is 10.3 Å². The van der Waals surface area contributed by atoms with Gasteiger partial charge in [-0.25, -0.2) is 4.98 Å². The number of anilines is 1. The van der Waals surface area contributed by atoms with Crippen LogP contribution < -0.4 is 5.32 Å². The third-order valence-electron chi connectivity index (χ3n) is 4.43. The number of H-pyrrole nitrogens is 1. The fraction of sp³-hybridized carbons (Fsp3) is 0. The summed E-state index contributed by atoms with van der Waals surface area (Å²) >= 11 is 1.58. The Morgan fingerprint density at radius 3 is 2.74 bits per heavy atom. The SMILES string of the molecule is O=C(Nc1ccc(-c2nc3ccncc3[nH]2)cc1)c1csc2ccccc12. The van der Waals surface area contributed by atoms with Crippen molar-refractivity contribution in [2.45, 2.75) is 0 Å². The maximum Gasteiger partial charge on any atom is 0.257 e. The molecule has 0 radical (unpaired) electrons. The Hall–Kier alpha value is -3.51. The van der Waals surface area contributed by atoms with Crippen LogP contribution in [-0.2, 0) is 0 Å². The summed E-state index contributed by atoms with van der Waals surface area (Å²) in [5.41, 5.74) is 4.17. The topological polar surface area (TPSA) is 70.7 Å². The molecule has 0 aliphatic rings. The van der Waals surface area contributed by atoms with E-state index < -0.39 is 0 Å². The molecule has 1 amide bonds. The Bertz CT molecular complexity index is 1240. The molecule has 130 valence electrons. The molecule has 0 unspecified atom stereocenters. The molecule has 2 aromatic carbocycles. The van der Waals surface area contributed by atoms with Crippen LogP contribution in [0.4, 0.5) is 5.69 Å². The zero-order valence-corrected chi connectivity index (χ0v) is 15.0. The van der Waals surface area contributed by atoms with Gasteiger partial charge in [0.1, 0.15) is 5.82 Å². The summed E-state index contributed by atoms with van der Waals surface area (Å²) in [5.74, 6) is 0.676. The number of carbonyl (C=O) groups is 1. The van der Waals surface area contributed by atoms with Gasteiger partial charge in [0.15, 0.2) is 0 Å². The zero-order chi connectivity index (χ0) is 18.2. The largest absolute Gasteiger partial charge is 0.337 e. The van der Waals surface area contributed by atoms with Crippen molar-refractivity contribution < 1.29 is 4.79 Å². The van der Waals surface area contributed by atoms with E-state index in [0.29, 0.717) is 5.56 Å². The number of aromatic nitrogens is 3. The molecular weight excluding hydrogens is 356 g/mol. The van der Waals surface area contributed by atoms with E-state index in [9.17, 15) is 4.79 Å². The molecule has 0 aliphatic heterocycles. The number of nitrogens with one attached hydrogen (secondary N) is 2. The number of benzene rings is 2. The Labute approximate surface area is 158 Å². The molecule has 2 N–H and O–H groups in total. The predicted molar refractivity (Wildman–Crippen MR) is 109 cm³/mol. The van der Waals surface area contributed by atoms with Gasteiger partial charge in [0.2, 0.25) is 0 Å². The lowest BCUT2D eigenvalue weighted by atomic mass is 10.1. The van der Waals surface area contributed by atoms with Gasteiger partial charge in [0.05, 0.1) is 22.8 Å². The summed E-state index contributed by atoms with van der Waals surface area (Å²) in [5, 5.41) is 5.85. The first-order valence-electron chi connectivity index (χ1n) is 8.46. The summed E-state index contributed by atoms with van der Waals surface area (Å²) < 4.78 is 1.11. The molecule has 27 heavy (non-hydrogen) atoms. The Morgan fingerprint density at radius 2 is 1.89 bits per heavy atom. The second-order valence-electron chi connectivity index (χ2n) is 6.16. The maximum atomic E-state index is 12.6. The van der Waals surface area contributed by atoms with Crippen LogP contribution in [0, 0.1) is 0 Å². The molecule has 5 rings (SSSR count). The minimum Gasteiger partial charge on any atom is -0.337 e. The minimum atomic E-state index is -0.102. The number of nitrogens with zero attached hydrogens (tertiary/aromatic N) is 2. The van der Waals surface area contributed by atoms with E-state index in [1.54, 1.807) is 23.7 Å². The van der Waals surface area contributed by atoms with Crippen molar-refractivity contribution in [3.8, 4) is 11.4 Å². The van der Waals surface area contributed by atoms with Gasteiger partial charge in [0, 0.05) is 32.9 Å². The van der Waals surface area contributed by atoms with Crippen LogP contribution in [-0.4, -0.2) is 20.9 Å². The van der Waals surface area contributed by atoms with Gasteiger partial charge in [-0.05, 0) is 36.4 Å². The second kappa shape index (κ2) is 6.34. The smallest absolute Gasteiger partial charge is 0.257 e. The van der Waals surface area contributed by atoms with Crippen molar-refractivity contribution in [2.24, 2.45) is 0 Å². The molecule has 0 saturated carbocycles. The minimum absolute atomic E-state index is 0.102. The monoisotopic (exact) mass is 370 g/mol. The van der Waals surface area contributed by atoms with Gasteiger partial charge in [-0.3, -0.25) is 9.78 Å². The first-order chi connectivity index (χ1) is 13.3. The molecule has 5 nitrogen and oxygen atoms in total. The zero-order valence-electron chi connectivity index (χ0n) is 14.1. The maximum absolute atomic E-state index is 12.6. The van der Waals surface area contributed by atoms with E-state index >= 15 is 0 Å². The lowest BCUT2D eigenvalue weighted by molar-refractivity contribution is 0.102. The molecule has 0 atom stereocenters. The van der Waals surface area contributed by atoms with Gasteiger partial charge in [-0.1, -0.05) is 18.2 Å². The quantitative estimate of drug-likeness (QED) is 0.465. The lowest BCUT2D eigenvalue weighted by Crippen LogP contribution is -2.11. The number of aromatic amines is 1. The van der Waals surface area contributed by atoms with Crippen LogP contribution in [0.2, 0.25) is 0 Å². The third kappa shape index (κ3) is 2.86. The molecule has 0 bridgehead atoms. The molecule has 0 spiro atoms. The highest BCUT2D eigenvalue weighted by atomic mass is 32.1. The van der Waals surface area contributed by atoms with Crippen LogP contribution in [0.1, 0.15) is 10.4 Å². The van der Waals surface area contributed by atoms with E-state index in [1.807, 2.05) is 60.0 Å². The van der Waals surface area contributed by atoms with Crippen molar-refractivity contribution in [3.63, 3.8) is 0 Å². The van der Waals surface area contributed by atoms with E-state index in [-0.39, 0.29) is 5.91 Å². The predicted octanol–water partition coefficient (Wildman–Crippen LogP) is 5.09. The molecule has 5 aromatic rings. The summed E-state index contributed by atoms with van der Waals surface area (Å²) in [4.78, 5) is 24.5. The van der Waals surface area contributed by atoms with Crippen LogP contribution in [0.25, 0.3) is 32.5 Å². The molecule has 3 heterocycles. The first kappa shape index (κ1) is 15.7. The van der Waals surface area contributed by atoms with Crippen molar-refractivity contribution in [3.05, 3.63) is 77.9 Å². The van der Waals surface area contributed by atoms with Crippen molar-refractivity contribution in [1.82, 2.24) is 15.0 Å². The number of carbonyl (C=O) groups excluding carboxylic acids is 1. The number of hydrogen-bond donors (Lipinski definition) is 2. The summed E-state index contributed by atoms with van der Waals surface area (Å²) in [7, 11) is 0. The van der Waals surface area contributed by atoms with Gasteiger partial charge in [-0.15, -0.1) is 11.3 Å². The Balaban J connectivity index is 1.39. The highest BCUT2D eigenvalue weighted by Crippen LogP contribution is 2.27. The highest BCUT2D eigenvalue weighted by molar-refractivity contribution is 7.17. The summed E-state index contributed by atoms with van der Waals surface area (Å²) in [6.07, 6.45) is 3.48. The average molecular weight is 370 g/mol. The van der Waals surface area contributed by atoms with E-state index in [4.69, 9.17) is 0 Å². The van der Waals surface area contributed by atoms with Gasteiger partial charge in [0.25, 0.3) is 5.91 Å². The summed E-state index contributed by atoms with van der Waals surface area (Å²) in [6, 6.07) is 17.4. The first-order valence-corrected chi connectivity index (χ1v) is 9.34. The normalized spacial score (nSPS) is 11.1. The summed E-state index contributed by atoms with van der Waals surface area (Å²) in [6.45, 7) is 0. The fourth-order valence-electron chi connectivity index (χ4n) is 3.06. The molecule has 0 fully saturated rings. The second-order valence-corrected chi connectivity index (χ2v) is 7.07. The number of fused-ring (bicyclic) bond motifs is 2. The number of pyridine rings is 1. The molecule has 3 aromatic heterocycles. The van der Waals surface area contributed by atoms with Crippen LogP contribution in [0.3, 0.4) is 0 Å².